The van der Waals surface area contributed by atoms with Gasteiger partial charge in [0.25, 0.3) is 0 Å². The fraction of sp³-hybridized carbons (Fsp3) is 0.333. The number of rotatable bonds is 4. The van der Waals surface area contributed by atoms with Gasteiger partial charge in [0.15, 0.2) is 4.34 Å². The van der Waals surface area contributed by atoms with Crippen LogP contribution in [0.1, 0.15) is 31.3 Å². The highest BCUT2D eigenvalue weighted by Gasteiger charge is 2.15. The van der Waals surface area contributed by atoms with E-state index in [1.807, 2.05) is 19.9 Å². The second-order valence-electron chi connectivity index (χ2n) is 3.88. The number of halogens is 1. The molecule has 1 atom stereocenters. The SMILES string of the molecule is CCc1nsc(Sc2c(F)cccc2[C@H](C)N)n1. The molecule has 0 unspecified atom stereocenters. The van der Waals surface area contributed by atoms with E-state index in [-0.39, 0.29) is 11.9 Å². The highest BCUT2D eigenvalue weighted by molar-refractivity contribution is 8.01. The normalized spacial score (nSPS) is 12.7. The Morgan fingerprint density at radius 3 is 2.89 bits per heavy atom. The molecule has 0 spiro atoms. The lowest BCUT2D eigenvalue weighted by Crippen LogP contribution is -2.07. The van der Waals surface area contributed by atoms with Gasteiger partial charge in [0.2, 0.25) is 0 Å². The predicted molar refractivity (Wildman–Crippen MR) is 72.4 cm³/mol. The average molecular weight is 283 g/mol. The maximum absolute atomic E-state index is 13.9. The first-order valence-corrected chi connectivity index (χ1v) is 7.25. The summed E-state index contributed by atoms with van der Waals surface area (Å²) in [7, 11) is 0. The molecule has 2 N–H and O–H groups in total. The Hall–Kier alpha value is -0.980. The summed E-state index contributed by atoms with van der Waals surface area (Å²) in [6.07, 6.45) is 0.786. The zero-order valence-corrected chi connectivity index (χ0v) is 11.8. The molecule has 0 fully saturated rings. The second-order valence-corrected chi connectivity index (χ2v) is 5.89. The minimum Gasteiger partial charge on any atom is -0.324 e. The van der Waals surface area contributed by atoms with Gasteiger partial charge in [0, 0.05) is 12.5 Å². The molecular weight excluding hydrogens is 269 g/mol. The quantitative estimate of drug-likeness (QED) is 0.934. The number of aromatic nitrogens is 2. The molecule has 0 aliphatic rings. The van der Waals surface area contributed by atoms with Crippen LogP contribution in [-0.2, 0) is 6.42 Å². The number of hydrogen-bond donors (Lipinski definition) is 1. The van der Waals surface area contributed by atoms with Crippen LogP contribution in [0.4, 0.5) is 4.39 Å². The smallest absolute Gasteiger partial charge is 0.174 e. The lowest BCUT2D eigenvalue weighted by atomic mass is 10.1. The maximum Gasteiger partial charge on any atom is 0.174 e. The van der Waals surface area contributed by atoms with Crippen LogP contribution < -0.4 is 5.73 Å². The number of benzene rings is 1. The molecule has 1 aromatic heterocycles. The zero-order chi connectivity index (χ0) is 13.1. The largest absolute Gasteiger partial charge is 0.324 e. The molecule has 96 valence electrons. The van der Waals surface area contributed by atoms with Crippen molar-refractivity contribution in [2.45, 2.75) is 35.5 Å². The van der Waals surface area contributed by atoms with Crippen molar-refractivity contribution < 1.29 is 4.39 Å². The van der Waals surface area contributed by atoms with E-state index in [9.17, 15) is 4.39 Å². The predicted octanol–water partition coefficient (Wildman–Crippen LogP) is 3.41. The molecule has 6 heteroatoms. The van der Waals surface area contributed by atoms with Crippen molar-refractivity contribution in [2.24, 2.45) is 5.73 Å². The molecule has 18 heavy (non-hydrogen) atoms. The molecule has 0 aliphatic heterocycles. The van der Waals surface area contributed by atoms with Crippen molar-refractivity contribution in [1.29, 1.82) is 0 Å². The average Bonchev–Trinajstić information content (AvgIpc) is 2.79. The molecule has 1 aromatic carbocycles. The van der Waals surface area contributed by atoms with Gasteiger partial charge in [-0.3, -0.25) is 0 Å². The summed E-state index contributed by atoms with van der Waals surface area (Å²) in [5.74, 6) is 0.532. The van der Waals surface area contributed by atoms with E-state index in [4.69, 9.17) is 5.73 Å². The first-order chi connectivity index (χ1) is 8.61. The molecule has 0 saturated heterocycles. The van der Waals surface area contributed by atoms with E-state index in [0.29, 0.717) is 4.90 Å². The van der Waals surface area contributed by atoms with Gasteiger partial charge >= 0.3 is 0 Å². The van der Waals surface area contributed by atoms with Crippen LogP contribution in [0.15, 0.2) is 27.4 Å². The van der Waals surface area contributed by atoms with E-state index in [0.717, 1.165) is 22.1 Å². The van der Waals surface area contributed by atoms with Crippen molar-refractivity contribution in [3.05, 3.63) is 35.4 Å². The van der Waals surface area contributed by atoms with Gasteiger partial charge in [0.1, 0.15) is 11.6 Å². The molecular formula is C12H14FN3S2. The van der Waals surface area contributed by atoms with Crippen molar-refractivity contribution in [3.8, 4) is 0 Å². The first-order valence-electron chi connectivity index (χ1n) is 5.66. The van der Waals surface area contributed by atoms with Crippen LogP contribution in [0.5, 0.6) is 0 Å². The molecule has 2 aromatic rings. The third-order valence-corrected chi connectivity index (χ3v) is 4.37. The monoisotopic (exact) mass is 283 g/mol. The standard InChI is InChI=1S/C12H14FN3S2/c1-3-10-15-12(18-16-10)17-11-8(7(2)14)5-4-6-9(11)13/h4-7H,3,14H2,1-2H3/t7-/m0/s1. The maximum atomic E-state index is 13.9. The highest BCUT2D eigenvalue weighted by Crippen LogP contribution is 2.35. The van der Waals surface area contributed by atoms with E-state index in [1.54, 1.807) is 6.07 Å². The Morgan fingerprint density at radius 2 is 2.28 bits per heavy atom. The number of nitrogens with two attached hydrogens (primary N) is 1. The molecule has 1 heterocycles. The third kappa shape index (κ3) is 2.88. The summed E-state index contributed by atoms with van der Waals surface area (Å²) in [5.41, 5.74) is 6.66. The molecule has 3 nitrogen and oxygen atoms in total. The fourth-order valence-corrected chi connectivity index (χ4v) is 3.38. The summed E-state index contributed by atoms with van der Waals surface area (Å²) in [4.78, 5) is 4.88. The molecule has 0 amide bonds. The summed E-state index contributed by atoms with van der Waals surface area (Å²) in [5, 5.41) is 0. The molecule has 0 saturated carbocycles. The van der Waals surface area contributed by atoms with Gasteiger partial charge < -0.3 is 5.73 Å². The molecule has 0 aliphatic carbocycles. The summed E-state index contributed by atoms with van der Waals surface area (Å²) in [6.45, 7) is 3.84. The Balaban J connectivity index is 2.33. The Morgan fingerprint density at radius 1 is 1.50 bits per heavy atom. The van der Waals surface area contributed by atoms with Gasteiger partial charge in [-0.2, -0.15) is 4.37 Å². The number of hydrogen-bond acceptors (Lipinski definition) is 5. The van der Waals surface area contributed by atoms with Gasteiger partial charge in [-0.25, -0.2) is 9.37 Å². The van der Waals surface area contributed by atoms with Crippen LogP contribution in [-0.4, -0.2) is 9.36 Å². The van der Waals surface area contributed by atoms with Crippen LogP contribution in [0.3, 0.4) is 0 Å². The Bertz CT molecular complexity index is 540. The molecule has 0 bridgehead atoms. The van der Waals surface area contributed by atoms with Crippen molar-refractivity contribution in [2.75, 3.05) is 0 Å². The van der Waals surface area contributed by atoms with Gasteiger partial charge in [0.05, 0.1) is 4.90 Å². The summed E-state index contributed by atoms with van der Waals surface area (Å²) >= 11 is 2.59. The van der Waals surface area contributed by atoms with E-state index >= 15 is 0 Å². The Kier molecular flexibility index (Phi) is 4.31. The van der Waals surface area contributed by atoms with E-state index in [1.165, 1.54) is 29.4 Å². The minimum atomic E-state index is -0.261. The summed E-state index contributed by atoms with van der Waals surface area (Å²) < 4.78 is 18.8. The number of nitrogens with zero attached hydrogens (tertiary/aromatic N) is 2. The minimum absolute atomic E-state index is 0.207. The van der Waals surface area contributed by atoms with E-state index < -0.39 is 0 Å². The lowest BCUT2D eigenvalue weighted by molar-refractivity contribution is 0.591. The molecule has 2 rings (SSSR count). The third-order valence-electron chi connectivity index (χ3n) is 2.44. The molecule has 0 radical (unpaired) electrons. The van der Waals surface area contributed by atoms with Crippen molar-refractivity contribution >= 4 is 23.3 Å². The number of aryl methyl sites for hydroxylation is 1. The van der Waals surface area contributed by atoms with Crippen LogP contribution in [0, 0.1) is 5.82 Å². The van der Waals surface area contributed by atoms with Gasteiger partial charge in [-0.1, -0.05) is 30.8 Å². The van der Waals surface area contributed by atoms with Crippen LogP contribution >= 0.6 is 23.3 Å². The first kappa shape index (κ1) is 13.5. The second kappa shape index (κ2) is 5.77. The highest BCUT2D eigenvalue weighted by atomic mass is 32.2. The topological polar surface area (TPSA) is 51.8 Å². The van der Waals surface area contributed by atoms with Crippen molar-refractivity contribution in [1.82, 2.24) is 9.36 Å². The zero-order valence-electron chi connectivity index (χ0n) is 10.2. The fourth-order valence-electron chi connectivity index (χ4n) is 1.50. The lowest BCUT2D eigenvalue weighted by Gasteiger charge is -2.11. The van der Waals surface area contributed by atoms with Crippen LogP contribution in [0.2, 0.25) is 0 Å². The van der Waals surface area contributed by atoms with E-state index in [2.05, 4.69) is 9.36 Å². The van der Waals surface area contributed by atoms with Gasteiger partial charge in [-0.15, -0.1) is 0 Å². The van der Waals surface area contributed by atoms with Gasteiger partial charge in [-0.05, 0) is 30.1 Å². The van der Waals surface area contributed by atoms with Crippen molar-refractivity contribution in [3.63, 3.8) is 0 Å². The van der Waals surface area contributed by atoms with Crippen LogP contribution in [0.25, 0.3) is 0 Å². The summed E-state index contributed by atoms with van der Waals surface area (Å²) in [6, 6.07) is 4.76. The Labute approximate surface area is 114 Å².